The Hall–Kier alpha value is -1.47. The van der Waals surface area contributed by atoms with Gasteiger partial charge in [-0.15, -0.1) is 0 Å². The van der Waals surface area contributed by atoms with E-state index in [2.05, 4.69) is 26.2 Å². The van der Waals surface area contributed by atoms with Crippen LogP contribution in [0.5, 0.6) is 0 Å². The molecule has 2 N–H and O–H groups in total. The summed E-state index contributed by atoms with van der Waals surface area (Å²) in [5, 5.41) is 11.9. The van der Waals surface area contributed by atoms with Crippen molar-refractivity contribution in [3.63, 3.8) is 0 Å². The zero-order valence-corrected chi connectivity index (χ0v) is 12.6. The quantitative estimate of drug-likeness (QED) is 0.868. The summed E-state index contributed by atoms with van der Waals surface area (Å²) in [6, 6.07) is 2.88. The number of aliphatic carboxylic acids is 1. The lowest BCUT2D eigenvalue weighted by Gasteiger charge is -2.22. The average molecular weight is 342 g/mol. The van der Waals surface area contributed by atoms with Crippen molar-refractivity contribution in [3.05, 3.63) is 22.8 Å². The van der Waals surface area contributed by atoms with Gasteiger partial charge in [0.1, 0.15) is 11.9 Å². The Balaban J connectivity index is 1.94. The van der Waals surface area contributed by atoms with Gasteiger partial charge < -0.3 is 10.4 Å². The van der Waals surface area contributed by atoms with E-state index < -0.39 is 12.0 Å². The van der Waals surface area contributed by atoms with E-state index in [1.165, 1.54) is 0 Å². The van der Waals surface area contributed by atoms with Crippen molar-refractivity contribution < 1.29 is 14.7 Å². The molecule has 7 heteroatoms. The van der Waals surface area contributed by atoms with Crippen LogP contribution in [0.15, 0.2) is 22.8 Å². The Morgan fingerprint density at radius 1 is 1.55 bits per heavy atom. The normalized spacial score (nSPS) is 22.7. The van der Waals surface area contributed by atoms with Crippen LogP contribution < -0.4 is 5.32 Å². The van der Waals surface area contributed by atoms with Crippen molar-refractivity contribution in [2.24, 2.45) is 5.92 Å². The second kappa shape index (κ2) is 6.32. The van der Waals surface area contributed by atoms with Gasteiger partial charge in [0.15, 0.2) is 0 Å². The summed E-state index contributed by atoms with van der Waals surface area (Å²) in [7, 11) is 0. The van der Waals surface area contributed by atoms with Gasteiger partial charge in [-0.1, -0.05) is 6.92 Å². The second-order valence-electron chi connectivity index (χ2n) is 4.93. The van der Waals surface area contributed by atoms with Gasteiger partial charge >= 0.3 is 5.97 Å². The van der Waals surface area contributed by atoms with E-state index in [1.54, 1.807) is 23.2 Å². The van der Waals surface area contributed by atoms with Gasteiger partial charge in [-0.25, -0.2) is 4.98 Å². The molecule has 0 saturated carbocycles. The van der Waals surface area contributed by atoms with Crippen molar-refractivity contribution in [1.29, 1.82) is 0 Å². The lowest BCUT2D eigenvalue weighted by Crippen LogP contribution is -2.43. The van der Waals surface area contributed by atoms with Gasteiger partial charge in [-0.3, -0.25) is 14.5 Å². The van der Waals surface area contributed by atoms with E-state index in [1.807, 2.05) is 6.92 Å². The molecule has 1 aliphatic heterocycles. The Bertz CT molecular complexity index is 506. The molecule has 108 valence electrons. The first kappa shape index (κ1) is 14.9. The number of amides is 1. The van der Waals surface area contributed by atoms with E-state index >= 15 is 0 Å². The first-order chi connectivity index (χ1) is 9.47. The molecular formula is C13H16BrN3O3. The summed E-state index contributed by atoms with van der Waals surface area (Å²) in [6.07, 6.45) is 2.38. The van der Waals surface area contributed by atoms with Crippen molar-refractivity contribution in [3.8, 4) is 0 Å². The molecule has 1 fully saturated rings. The van der Waals surface area contributed by atoms with Gasteiger partial charge in [0.2, 0.25) is 5.91 Å². The van der Waals surface area contributed by atoms with Crippen LogP contribution in [-0.4, -0.2) is 46.0 Å². The third-order valence-electron chi connectivity index (χ3n) is 3.40. The Morgan fingerprint density at radius 2 is 2.30 bits per heavy atom. The predicted molar refractivity (Wildman–Crippen MR) is 77.3 cm³/mol. The fourth-order valence-corrected chi connectivity index (χ4v) is 2.65. The number of aromatic nitrogens is 1. The van der Waals surface area contributed by atoms with Crippen LogP contribution >= 0.6 is 15.9 Å². The van der Waals surface area contributed by atoms with Gasteiger partial charge in [0.05, 0.1) is 6.54 Å². The number of nitrogens with zero attached hydrogens (tertiary/aromatic N) is 2. The van der Waals surface area contributed by atoms with Gasteiger partial charge in [-0.05, 0) is 46.9 Å². The summed E-state index contributed by atoms with van der Waals surface area (Å²) in [6.45, 7) is 2.59. The van der Waals surface area contributed by atoms with Gasteiger partial charge in [0.25, 0.3) is 0 Å². The summed E-state index contributed by atoms with van der Waals surface area (Å²) in [4.78, 5) is 28.9. The van der Waals surface area contributed by atoms with E-state index in [4.69, 9.17) is 0 Å². The summed E-state index contributed by atoms with van der Waals surface area (Å²) in [5.74, 6) is -0.604. The summed E-state index contributed by atoms with van der Waals surface area (Å²) >= 11 is 3.26. The molecule has 0 aromatic carbocycles. The van der Waals surface area contributed by atoms with Crippen LogP contribution in [-0.2, 0) is 9.59 Å². The van der Waals surface area contributed by atoms with E-state index in [0.29, 0.717) is 12.4 Å². The van der Waals surface area contributed by atoms with E-state index in [9.17, 15) is 14.7 Å². The number of rotatable bonds is 4. The Labute approximate surface area is 125 Å². The van der Waals surface area contributed by atoms with Crippen LogP contribution in [0.2, 0.25) is 0 Å². The number of anilines is 1. The zero-order valence-electron chi connectivity index (χ0n) is 11.0. The van der Waals surface area contributed by atoms with Crippen LogP contribution in [0.25, 0.3) is 0 Å². The number of halogens is 1. The molecule has 0 radical (unpaired) electrons. The highest BCUT2D eigenvalue weighted by molar-refractivity contribution is 9.10. The molecule has 0 spiro atoms. The highest BCUT2D eigenvalue weighted by Gasteiger charge is 2.37. The number of carbonyl (C=O) groups is 2. The number of pyridine rings is 1. The minimum absolute atomic E-state index is 0.0612. The maximum Gasteiger partial charge on any atom is 0.321 e. The first-order valence-electron chi connectivity index (χ1n) is 6.35. The predicted octanol–water partition coefficient (Wildman–Crippen LogP) is 1.58. The lowest BCUT2D eigenvalue weighted by atomic mass is 10.0. The maximum atomic E-state index is 11.9. The highest BCUT2D eigenvalue weighted by Crippen LogP contribution is 2.23. The number of carboxylic acids is 1. The van der Waals surface area contributed by atoms with Crippen LogP contribution in [0.1, 0.15) is 13.3 Å². The number of nitrogens with one attached hydrogen (secondary N) is 1. The molecular weight excluding hydrogens is 326 g/mol. The third-order valence-corrected chi connectivity index (χ3v) is 3.87. The van der Waals surface area contributed by atoms with E-state index in [0.717, 1.165) is 10.9 Å². The standard InChI is InChI=1S/C13H16BrN3O3/c1-8-4-5-17(12(8)13(19)20)7-11(18)16-10-3-2-9(14)6-15-10/h2-3,6,8,12H,4-5,7H2,1H3,(H,19,20)(H,15,16,18). The maximum absolute atomic E-state index is 11.9. The second-order valence-corrected chi connectivity index (χ2v) is 5.85. The zero-order chi connectivity index (χ0) is 14.7. The Kier molecular flexibility index (Phi) is 4.72. The number of carboxylic acid groups (broad SMARTS) is 1. The van der Waals surface area contributed by atoms with Gasteiger partial charge in [-0.2, -0.15) is 0 Å². The van der Waals surface area contributed by atoms with Crippen LogP contribution in [0.4, 0.5) is 5.82 Å². The molecule has 2 unspecified atom stereocenters. The minimum Gasteiger partial charge on any atom is -0.480 e. The molecule has 6 nitrogen and oxygen atoms in total. The average Bonchev–Trinajstić information content (AvgIpc) is 2.73. The monoisotopic (exact) mass is 341 g/mol. The van der Waals surface area contributed by atoms with Crippen molar-refractivity contribution in [2.75, 3.05) is 18.4 Å². The van der Waals surface area contributed by atoms with Crippen molar-refractivity contribution >= 4 is 33.6 Å². The topological polar surface area (TPSA) is 82.5 Å². The number of hydrogen-bond donors (Lipinski definition) is 2. The molecule has 2 rings (SSSR count). The SMILES string of the molecule is CC1CCN(CC(=O)Nc2ccc(Br)cn2)C1C(=O)O. The summed E-state index contributed by atoms with van der Waals surface area (Å²) < 4.78 is 0.829. The van der Waals surface area contributed by atoms with Crippen LogP contribution in [0.3, 0.4) is 0 Å². The molecule has 2 heterocycles. The summed E-state index contributed by atoms with van der Waals surface area (Å²) in [5.41, 5.74) is 0. The van der Waals surface area contributed by atoms with Crippen molar-refractivity contribution in [2.45, 2.75) is 19.4 Å². The molecule has 0 aliphatic carbocycles. The Morgan fingerprint density at radius 3 is 2.90 bits per heavy atom. The molecule has 20 heavy (non-hydrogen) atoms. The third kappa shape index (κ3) is 3.55. The largest absolute Gasteiger partial charge is 0.480 e. The molecule has 0 bridgehead atoms. The van der Waals surface area contributed by atoms with Crippen LogP contribution in [0, 0.1) is 5.92 Å². The number of hydrogen-bond acceptors (Lipinski definition) is 4. The molecule has 2 atom stereocenters. The molecule has 1 aliphatic rings. The fraction of sp³-hybridized carbons (Fsp3) is 0.462. The molecule has 1 amide bonds. The fourth-order valence-electron chi connectivity index (χ4n) is 2.42. The molecule has 1 aromatic rings. The number of likely N-dealkylation sites (tertiary alicyclic amines) is 1. The molecule has 1 aromatic heterocycles. The van der Waals surface area contributed by atoms with Gasteiger partial charge in [0, 0.05) is 10.7 Å². The molecule has 1 saturated heterocycles. The minimum atomic E-state index is -0.871. The smallest absolute Gasteiger partial charge is 0.321 e. The van der Waals surface area contributed by atoms with Crippen molar-refractivity contribution in [1.82, 2.24) is 9.88 Å². The lowest BCUT2D eigenvalue weighted by molar-refractivity contribution is -0.143. The first-order valence-corrected chi connectivity index (χ1v) is 7.15. The van der Waals surface area contributed by atoms with E-state index in [-0.39, 0.29) is 18.4 Å². The highest BCUT2D eigenvalue weighted by atomic mass is 79.9. The number of carbonyl (C=O) groups excluding carboxylic acids is 1.